The summed E-state index contributed by atoms with van der Waals surface area (Å²) in [6.45, 7) is 4.47. The fraction of sp³-hybridized carbons (Fsp3) is 0.167. The molecule has 4 aromatic carbocycles. The zero-order valence-corrected chi connectivity index (χ0v) is 14.7. The minimum atomic E-state index is 0.290. The van der Waals surface area contributed by atoms with E-state index in [2.05, 4.69) is 104 Å². The molecule has 0 fully saturated rings. The van der Waals surface area contributed by atoms with E-state index in [-0.39, 0.29) is 0 Å². The zero-order valence-electron chi connectivity index (χ0n) is 14.7. The predicted octanol–water partition coefficient (Wildman–Crippen LogP) is 6.40. The summed E-state index contributed by atoms with van der Waals surface area (Å²) in [6.07, 6.45) is 0. The van der Waals surface area contributed by atoms with Crippen LogP contribution in [0.2, 0.25) is 0 Å². The highest BCUT2D eigenvalue weighted by atomic mass is 14.9. The summed E-state index contributed by atoms with van der Waals surface area (Å²) in [6, 6.07) is 31.1. The summed E-state index contributed by atoms with van der Waals surface area (Å²) in [7, 11) is 0. The van der Waals surface area contributed by atoms with Crippen molar-refractivity contribution in [3.05, 3.63) is 96.1 Å². The first kappa shape index (κ1) is 15.9. The van der Waals surface area contributed by atoms with Gasteiger partial charge in [-0.3, -0.25) is 0 Å². The molecule has 1 nitrogen and oxygen atoms in total. The van der Waals surface area contributed by atoms with Crippen molar-refractivity contribution in [2.45, 2.75) is 25.9 Å². The van der Waals surface area contributed by atoms with Gasteiger partial charge in [-0.1, -0.05) is 78.9 Å². The van der Waals surface area contributed by atoms with Crippen LogP contribution in [0.15, 0.2) is 84.9 Å². The van der Waals surface area contributed by atoms with Gasteiger partial charge < -0.3 is 5.32 Å². The smallest absolute Gasteiger partial charge is 0.0297 e. The number of fused-ring (bicyclic) bond motifs is 3. The summed E-state index contributed by atoms with van der Waals surface area (Å²) in [5.41, 5.74) is 2.65. The maximum Gasteiger partial charge on any atom is 0.0297 e. The largest absolute Gasteiger partial charge is 0.304 e. The summed E-state index contributed by atoms with van der Waals surface area (Å²) in [5, 5.41) is 8.97. The molecular weight excluding hydrogens is 302 g/mol. The molecule has 0 amide bonds. The number of benzene rings is 4. The van der Waals surface area contributed by atoms with Gasteiger partial charge in [-0.25, -0.2) is 0 Å². The van der Waals surface area contributed by atoms with Crippen molar-refractivity contribution in [2.75, 3.05) is 0 Å². The van der Waals surface area contributed by atoms with Crippen LogP contribution in [-0.4, -0.2) is 0 Å². The van der Waals surface area contributed by atoms with E-state index in [0.717, 1.165) is 0 Å². The first-order chi connectivity index (χ1) is 12.2. The van der Waals surface area contributed by atoms with Crippen molar-refractivity contribution in [3.8, 4) is 0 Å². The Morgan fingerprint density at radius 3 is 1.96 bits per heavy atom. The molecular formula is C24H23N. The standard InChI is InChI=1S/C24H23N/c1-17(19-8-4-3-5-9-19)25-18(2)22-15-14-21-13-12-20-10-6-7-11-23(20)24(21)16-22/h3-18,25H,1-2H3/t17-,18+/m1/s1. The Hall–Kier alpha value is -2.64. The third-order valence-electron chi connectivity index (χ3n) is 5.07. The van der Waals surface area contributed by atoms with Gasteiger partial charge in [0.15, 0.2) is 0 Å². The average molecular weight is 325 g/mol. The van der Waals surface area contributed by atoms with Crippen LogP contribution in [0.3, 0.4) is 0 Å². The predicted molar refractivity (Wildman–Crippen MR) is 108 cm³/mol. The molecule has 0 aliphatic heterocycles. The molecule has 0 aliphatic rings. The van der Waals surface area contributed by atoms with Crippen molar-refractivity contribution in [3.63, 3.8) is 0 Å². The van der Waals surface area contributed by atoms with E-state index in [1.807, 2.05) is 0 Å². The second-order valence-corrected chi connectivity index (χ2v) is 6.79. The first-order valence-corrected chi connectivity index (χ1v) is 8.95. The van der Waals surface area contributed by atoms with Gasteiger partial charge >= 0.3 is 0 Å². The highest BCUT2D eigenvalue weighted by molar-refractivity contribution is 6.07. The van der Waals surface area contributed by atoms with E-state index in [1.54, 1.807) is 0 Å². The molecule has 0 heterocycles. The Morgan fingerprint density at radius 1 is 0.560 bits per heavy atom. The Morgan fingerprint density at radius 2 is 1.16 bits per heavy atom. The lowest BCUT2D eigenvalue weighted by Gasteiger charge is -2.21. The highest BCUT2D eigenvalue weighted by Crippen LogP contribution is 2.28. The molecule has 0 saturated heterocycles. The molecule has 4 aromatic rings. The van der Waals surface area contributed by atoms with E-state index in [0.29, 0.717) is 12.1 Å². The molecule has 25 heavy (non-hydrogen) atoms. The number of rotatable bonds is 4. The van der Waals surface area contributed by atoms with Crippen LogP contribution in [0.5, 0.6) is 0 Å². The molecule has 4 rings (SSSR count). The van der Waals surface area contributed by atoms with Crippen molar-refractivity contribution in [1.82, 2.24) is 5.32 Å². The topological polar surface area (TPSA) is 12.0 Å². The normalized spacial score (nSPS) is 13.8. The molecule has 0 aromatic heterocycles. The Balaban J connectivity index is 1.67. The van der Waals surface area contributed by atoms with Crippen molar-refractivity contribution in [2.24, 2.45) is 0 Å². The number of hydrogen-bond donors (Lipinski definition) is 1. The van der Waals surface area contributed by atoms with Crippen LogP contribution in [0, 0.1) is 0 Å². The lowest BCUT2D eigenvalue weighted by Crippen LogP contribution is -2.22. The van der Waals surface area contributed by atoms with E-state index >= 15 is 0 Å². The summed E-state index contributed by atoms with van der Waals surface area (Å²) >= 11 is 0. The SMILES string of the molecule is C[C@H](N[C@H](C)c1ccccc1)c1ccc2ccc3ccccc3c2c1. The van der Waals surface area contributed by atoms with Gasteiger partial charge in [0.2, 0.25) is 0 Å². The Kier molecular flexibility index (Phi) is 4.25. The van der Waals surface area contributed by atoms with E-state index in [9.17, 15) is 0 Å². The van der Waals surface area contributed by atoms with Gasteiger partial charge in [0, 0.05) is 12.1 Å². The van der Waals surface area contributed by atoms with E-state index < -0.39 is 0 Å². The number of nitrogens with one attached hydrogen (secondary N) is 1. The molecule has 0 radical (unpaired) electrons. The van der Waals surface area contributed by atoms with Gasteiger partial charge in [0.25, 0.3) is 0 Å². The molecule has 2 atom stereocenters. The Labute approximate surface area is 149 Å². The summed E-state index contributed by atoms with van der Waals surface area (Å²) < 4.78 is 0. The molecule has 1 N–H and O–H groups in total. The Bertz CT molecular complexity index is 1000. The van der Waals surface area contributed by atoms with Gasteiger partial charge in [-0.05, 0) is 52.6 Å². The van der Waals surface area contributed by atoms with Crippen molar-refractivity contribution >= 4 is 21.5 Å². The molecule has 0 spiro atoms. The minimum absolute atomic E-state index is 0.290. The second-order valence-electron chi connectivity index (χ2n) is 6.79. The fourth-order valence-electron chi connectivity index (χ4n) is 3.60. The van der Waals surface area contributed by atoms with Gasteiger partial charge in [-0.2, -0.15) is 0 Å². The van der Waals surface area contributed by atoms with Gasteiger partial charge in [0.05, 0.1) is 0 Å². The second kappa shape index (κ2) is 6.70. The molecule has 124 valence electrons. The van der Waals surface area contributed by atoms with Crippen LogP contribution in [0.25, 0.3) is 21.5 Å². The molecule has 0 bridgehead atoms. The zero-order chi connectivity index (χ0) is 17.2. The van der Waals surface area contributed by atoms with Gasteiger partial charge in [-0.15, -0.1) is 0 Å². The van der Waals surface area contributed by atoms with E-state index in [4.69, 9.17) is 0 Å². The molecule has 0 saturated carbocycles. The third-order valence-corrected chi connectivity index (χ3v) is 5.07. The third kappa shape index (κ3) is 3.16. The van der Waals surface area contributed by atoms with Crippen LogP contribution in [0.1, 0.15) is 37.1 Å². The quantitative estimate of drug-likeness (QED) is 0.428. The van der Waals surface area contributed by atoms with Crippen LogP contribution in [-0.2, 0) is 0 Å². The molecule has 0 unspecified atom stereocenters. The summed E-state index contributed by atoms with van der Waals surface area (Å²) in [4.78, 5) is 0. The lowest BCUT2D eigenvalue weighted by atomic mass is 9.97. The average Bonchev–Trinajstić information content (AvgIpc) is 2.68. The van der Waals surface area contributed by atoms with Crippen LogP contribution < -0.4 is 5.32 Å². The van der Waals surface area contributed by atoms with Crippen LogP contribution >= 0.6 is 0 Å². The fourth-order valence-corrected chi connectivity index (χ4v) is 3.60. The molecule has 1 heteroatoms. The number of hydrogen-bond acceptors (Lipinski definition) is 1. The van der Waals surface area contributed by atoms with E-state index in [1.165, 1.54) is 32.7 Å². The molecule has 0 aliphatic carbocycles. The van der Waals surface area contributed by atoms with Crippen molar-refractivity contribution < 1.29 is 0 Å². The van der Waals surface area contributed by atoms with Gasteiger partial charge in [0.1, 0.15) is 0 Å². The minimum Gasteiger partial charge on any atom is -0.304 e. The first-order valence-electron chi connectivity index (χ1n) is 8.95. The maximum atomic E-state index is 3.73. The van der Waals surface area contributed by atoms with Crippen LogP contribution in [0.4, 0.5) is 0 Å². The summed E-state index contributed by atoms with van der Waals surface area (Å²) in [5.74, 6) is 0. The van der Waals surface area contributed by atoms with Crippen molar-refractivity contribution in [1.29, 1.82) is 0 Å². The maximum absolute atomic E-state index is 3.73. The highest BCUT2D eigenvalue weighted by Gasteiger charge is 2.12. The monoisotopic (exact) mass is 325 g/mol. The lowest BCUT2D eigenvalue weighted by molar-refractivity contribution is 0.495.